The van der Waals surface area contributed by atoms with Gasteiger partial charge in [0.2, 0.25) is 0 Å². The Morgan fingerprint density at radius 1 is 0.409 bits per heavy atom. The molecule has 2 heteroatoms. The van der Waals surface area contributed by atoms with E-state index in [2.05, 4.69) is 212 Å². The van der Waals surface area contributed by atoms with Crippen LogP contribution in [0.4, 0.5) is 34.1 Å². The number of benzene rings is 8. The molecule has 0 N–H and O–H groups in total. The Morgan fingerprint density at radius 2 is 0.955 bits per heavy atom. The van der Waals surface area contributed by atoms with Crippen molar-refractivity contribution in [3.05, 3.63) is 227 Å². The third-order valence-electron chi connectivity index (χ3n) is 16.9. The van der Waals surface area contributed by atoms with E-state index in [1.807, 2.05) is 0 Å². The fourth-order valence-corrected chi connectivity index (χ4v) is 14.1. The second-order valence-electron chi connectivity index (χ2n) is 20.6. The van der Waals surface area contributed by atoms with E-state index >= 15 is 0 Å². The van der Waals surface area contributed by atoms with E-state index in [9.17, 15) is 0 Å². The van der Waals surface area contributed by atoms with Crippen molar-refractivity contribution >= 4 is 34.1 Å². The zero-order chi connectivity index (χ0) is 44.0. The fourth-order valence-electron chi connectivity index (χ4n) is 14.1. The standard InChI is InChI=1S/C64H58N2/c1-63(2)56-28-14-12-27-54(56)55-39-38-52(42-57(55)63)65(50-22-8-4-9-23-50)59-30-16-20-46-40-48-36-37-49-41-47-21-17-31-60(62(47)64(48,49)61(46)59)66(51-24-10-5-11-25-51)58-29-15-13-26-53(58)45-34-32-44(33-35-45)43-18-6-3-7-19-43/h4-5,8-17,20-35,38-39,42-43,48-49H,3,6-7,18-19,36-37,40-41H2,1-2H3. The molecule has 13 rings (SSSR count). The molecule has 5 aliphatic rings. The van der Waals surface area contributed by atoms with Gasteiger partial charge in [0, 0.05) is 33.5 Å². The molecule has 5 aliphatic carbocycles. The lowest BCUT2D eigenvalue weighted by Crippen LogP contribution is -2.34. The van der Waals surface area contributed by atoms with Crippen LogP contribution in [0.5, 0.6) is 0 Å². The van der Waals surface area contributed by atoms with E-state index < -0.39 is 0 Å². The molecular formula is C64H58N2. The maximum absolute atomic E-state index is 2.63. The Balaban J connectivity index is 1.01. The summed E-state index contributed by atoms with van der Waals surface area (Å²) >= 11 is 0. The Labute approximate surface area is 391 Å². The van der Waals surface area contributed by atoms with E-state index in [1.165, 1.54) is 129 Å². The molecule has 2 nitrogen and oxygen atoms in total. The number of anilines is 6. The van der Waals surface area contributed by atoms with Gasteiger partial charge in [0.15, 0.2) is 0 Å². The first-order valence-corrected chi connectivity index (χ1v) is 24.9. The quantitative estimate of drug-likeness (QED) is 0.150. The van der Waals surface area contributed by atoms with Crippen molar-refractivity contribution in [1.29, 1.82) is 0 Å². The molecule has 0 saturated heterocycles. The smallest absolute Gasteiger partial charge is 0.0540 e. The molecule has 0 radical (unpaired) electrons. The number of nitrogens with zero attached hydrogens (tertiary/aromatic N) is 2. The lowest BCUT2D eigenvalue weighted by Gasteiger charge is -2.40. The molecular weight excluding hydrogens is 797 g/mol. The molecule has 8 aromatic rings. The molecule has 3 unspecified atom stereocenters. The molecule has 324 valence electrons. The Hall–Kier alpha value is -6.64. The third kappa shape index (κ3) is 5.93. The van der Waals surface area contributed by atoms with Gasteiger partial charge in [-0.1, -0.05) is 167 Å². The number of hydrogen-bond donors (Lipinski definition) is 0. The van der Waals surface area contributed by atoms with Crippen molar-refractivity contribution in [2.24, 2.45) is 11.8 Å². The predicted octanol–water partition coefficient (Wildman–Crippen LogP) is 17.1. The molecule has 0 aromatic heterocycles. The van der Waals surface area contributed by atoms with E-state index in [4.69, 9.17) is 0 Å². The first kappa shape index (κ1) is 39.7. The van der Waals surface area contributed by atoms with Crippen molar-refractivity contribution < 1.29 is 0 Å². The predicted molar refractivity (Wildman–Crippen MR) is 275 cm³/mol. The molecule has 0 amide bonds. The summed E-state index contributed by atoms with van der Waals surface area (Å²) in [4.78, 5) is 5.25. The van der Waals surface area contributed by atoms with Crippen LogP contribution in [0.1, 0.15) is 104 Å². The Kier molecular flexibility index (Phi) is 9.31. The van der Waals surface area contributed by atoms with E-state index in [-0.39, 0.29) is 10.8 Å². The van der Waals surface area contributed by atoms with Gasteiger partial charge >= 0.3 is 0 Å². The summed E-state index contributed by atoms with van der Waals surface area (Å²) in [6.45, 7) is 4.81. The molecule has 2 fully saturated rings. The summed E-state index contributed by atoms with van der Waals surface area (Å²) in [6, 6.07) is 72.1. The van der Waals surface area contributed by atoms with Crippen molar-refractivity contribution in [3.63, 3.8) is 0 Å². The number of hydrogen-bond acceptors (Lipinski definition) is 2. The van der Waals surface area contributed by atoms with Crippen LogP contribution in [0.25, 0.3) is 22.3 Å². The second-order valence-corrected chi connectivity index (χ2v) is 20.6. The average molecular weight is 855 g/mol. The molecule has 8 aromatic carbocycles. The zero-order valence-corrected chi connectivity index (χ0v) is 38.4. The largest absolute Gasteiger partial charge is 0.310 e. The monoisotopic (exact) mass is 854 g/mol. The van der Waals surface area contributed by atoms with E-state index in [1.54, 1.807) is 11.1 Å². The lowest BCUT2D eigenvalue weighted by molar-refractivity contribution is 0.350. The Bertz CT molecular complexity index is 3110. The molecule has 0 heterocycles. The minimum Gasteiger partial charge on any atom is -0.310 e. The highest BCUT2D eigenvalue weighted by atomic mass is 15.2. The van der Waals surface area contributed by atoms with E-state index in [0.717, 1.165) is 12.8 Å². The van der Waals surface area contributed by atoms with Crippen LogP contribution in [0.15, 0.2) is 188 Å². The maximum Gasteiger partial charge on any atom is 0.0540 e. The number of fused-ring (bicyclic) bond motifs is 5. The maximum atomic E-state index is 2.63. The topological polar surface area (TPSA) is 6.48 Å². The highest BCUT2D eigenvalue weighted by Gasteiger charge is 2.62. The van der Waals surface area contributed by atoms with Crippen LogP contribution in [0, 0.1) is 11.8 Å². The zero-order valence-electron chi connectivity index (χ0n) is 38.4. The normalized spacial score (nSPS) is 20.8. The van der Waals surface area contributed by atoms with Crippen LogP contribution in [0.3, 0.4) is 0 Å². The van der Waals surface area contributed by atoms with E-state index in [0.29, 0.717) is 17.8 Å². The van der Waals surface area contributed by atoms with Gasteiger partial charge in [0.1, 0.15) is 0 Å². The lowest BCUT2D eigenvalue weighted by atomic mass is 9.68. The highest BCUT2D eigenvalue weighted by Crippen LogP contribution is 2.69. The van der Waals surface area contributed by atoms with Crippen LogP contribution < -0.4 is 9.80 Å². The van der Waals surface area contributed by atoms with Gasteiger partial charge in [0.05, 0.1) is 17.1 Å². The summed E-state index contributed by atoms with van der Waals surface area (Å²) in [7, 11) is 0. The minimum atomic E-state index is -0.138. The van der Waals surface area contributed by atoms with Crippen molar-refractivity contribution in [2.75, 3.05) is 9.80 Å². The van der Waals surface area contributed by atoms with Gasteiger partial charge in [-0.2, -0.15) is 0 Å². The minimum absolute atomic E-state index is 0.100. The van der Waals surface area contributed by atoms with Crippen LogP contribution in [-0.4, -0.2) is 0 Å². The first-order valence-electron chi connectivity index (χ1n) is 24.9. The summed E-state index contributed by atoms with van der Waals surface area (Å²) in [5, 5.41) is 0. The van der Waals surface area contributed by atoms with Gasteiger partial charge in [-0.3, -0.25) is 0 Å². The molecule has 1 spiro atoms. The van der Waals surface area contributed by atoms with Gasteiger partial charge in [-0.05, 0) is 167 Å². The summed E-state index contributed by atoms with van der Waals surface area (Å²) in [5.74, 6) is 1.73. The second kappa shape index (κ2) is 15.5. The molecule has 0 bridgehead atoms. The van der Waals surface area contributed by atoms with Gasteiger partial charge < -0.3 is 9.80 Å². The van der Waals surface area contributed by atoms with Gasteiger partial charge in [-0.25, -0.2) is 0 Å². The molecule has 3 atom stereocenters. The number of para-hydroxylation sites is 3. The third-order valence-corrected chi connectivity index (χ3v) is 16.9. The Morgan fingerprint density at radius 3 is 1.62 bits per heavy atom. The fraction of sp³-hybridized carbons (Fsp3) is 0.250. The molecule has 66 heavy (non-hydrogen) atoms. The summed E-state index contributed by atoms with van der Waals surface area (Å²) in [5.41, 5.74) is 23.0. The van der Waals surface area contributed by atoms with Crippen LogP contribution in [-0.2, 0) is 23.7 Å². The van der Waals surface area contributed by atoms with Crippen molar-refractivity contribution in [3.8, 4) is 22.3 Å². The van der Waals surface area contributed by atoms with Crippen molar-refractivity contribution in [2.45, 2.75) is 88.4 Å². The van der Waals surface area contributed by atoms with Gasteiger partial charge in [0.25, 0.3) is 0 Å². The first-order chi connectivity index (χ1) is 32.5. The SMILES string of the molecule is CC1(C)c2ccccc2-c2ccc(N(c3ccccc3)c3cccc4c3C35c6c(cccc6N(c6ccccc6)c6ccccc6-c6ccc(C7CCCCC7)cc6)CC3CCC5C4)cc21. The molecule has 0 aliphatic heterocycles. The van der Waals surface area contributed by atoms with Crippen LogP contribution >= 0.6 is 0 Å². The highest BCUT2D eigenvalue weighted by molar-refractivity contribution is 5.92. The summed E-state index contributed by atoms with van der Waals surface area (Å²) < 4.78 is 0. The molecule has 2 saturated carbocycles. The average Bonchev–Trinajstić information content (AvgIpc) is 4.07. The van der Waals surface area contributed by atoms with Crippen LogP contribution in [0.2, 0.25) is 0 Å². The number of rotatable bonds is 8. The van der Waals surface area contributed by atoms with Gasteiger partial charge in [-0.15, -0.1) is 0 Å². The summed E-state index contributed by atoms with van der Waals surface area (Å²) in [6.07, 6.45) is 11.4. The van der Waals surface area contributed by atoms with Crippen molar-refractivity contribution in [1.82, 2.24) is 0 Å².